The van der Waals surface area contributed by atoms with E-state index < -0.39 is 5.97 Å². The van der Waals surface area contributed by atoms with Crippen molar-refractivity contribution in [1.82, 2.24) is 0 Å². The van der Waals surface area contributed by atoms with Crippen molar-refractivity contribution >= 4 is 11.8 Å². The molecule has 18 heavy (non-hydrogen) atoms. The maximum atomic E-state index is 11.1. The van der Waals surface area contributed by atoms with Gasteiger partial charge in [0.25, 0.3) is 0 Å². The number of rotatable bonds is 4. The molecular weight excluding hydrogens is 232 g/mol. The summed E-state index contributed by atoms with van der Waals surface area (Å²) in [6.45, 7) is 5.82. The van der Waals surface area contributed by atoms with Gasteiger partial charge in [-0.2, -0.15) is 4.89 Å². The highest BCUT2D eigenvalue weighted by Crippen LogP contribution is 2.06. The molecule has 0 heterocycles. The monoisotopic (exact) mass is 252 g/mol. The standard InChI is InChI=1S/C10H10O4.C4H10/c1-7(11)8-3-5-9(6-4-8)10(12)14-13-2;1-3-4-2/h3-6H,1-2H3;3-4H2,1-2H3. The van der Waals surface area contributed by atoms with Crippen LogP contribution in [0.2, 0.25) is 0 Å². The summed E-state index contributed by atoms with van der Waals surface area (Å²) in [4.78, 5) is 30.5. The van der Waals surface area contributed by atoms with Crippen molar-refractivity contribution < 1.29 is 19.4 Å². The third-order valence-corrected chi connectivity index (χ3v) is 2.19. The molecule has 0 unspecified atom stereocenters. The van der Waals surface area contributed by atoms with Crippen LogP contribution in [-0.4, -0.2) is 18.9 Å². The van der Waals surface area contributed by atoms with Crippen LogP contribution in [0.3, 0.4) is 0 Å². The van der Waals surface area contributed by atoms with Crippen molar-refractivity contribution in [2.75, 3.05) is 7.11 Å². The Bertz CT molecular complexity index is 366. The lowest BCUT2D eigenvalue weighted by atomic mass is 10.1. The molecule has 0 aromatic heterocycles. The van der Waals surface area contributed by atoms with Crippen LogP contribution in [0.4, 0.5) is 0 Å². The Kier molecular flexibility index (Phi) is 8.49. The molecule has 0 aliphatic heterocycles. The van der Waals surface area contributed by atoms with Crippen molar-refractivity contribution in [3.63, 3.8) is 0 Å². The number of carbonyl (C=O) groups is 2. The van der Waals surface area contributed by atoms with Gasteiger partial charge in [-0.15, -0.1) is 0 Å². The van der Waals surface area contributed by atoms with Crippen LogP contribution in [0.5, 0.6) is 0 Å². The number of unbranched alkanes of at least 4 members (excludes halogenated alkanes) is 1. The Morgan fingerprint density at radius 3 is 1.78 bits per heavy atom. The number of hydrogen-bond donors (Lipinski definition) is 0. The predicted octanol–water partition coefficient (Wildman–Crippen LogP) is 3.41. The van der Waals surface area contributed by atoms with Gasteiger partial charge in [-0.1, -0.05) is 38.8 Å². The van der Waals surface area contributed by atoms with Gasteiger partial charge in [-0.3, -0.25) is 9.68 Å². The molecule has 0 spiro atoms. The van der Waals surface area contributed by atoms with Crippen molar-refractivity contribution in [3.05, 3.63) is 35.4 Å². The SMILES string of the molecule is CCCC.COOC(=O)c1ccc(C(C)=O)cc1. The first-order valence-electron chi connectivity index (χ1n) is 5.92. The van der Waals surface area contributed by atoms with Gasteiger partial charge in [0.05, 0.1) is 12.7 Å². The fraction of sp³-hybridized carbons (Fsp3) is 0.429. The Hall–Kier alpha value is -1.68. The molecule has 0 atom stereocenters. The number of ketones is 1. The van der Waals surface area contributed by atoms with E-state index in [1.54, 1.807) is 12.1 Å². The second kappa shape index (κ2) is 9.36. The van der Waals surface area contributed by atoms with Gasteiger partial charge in [-0.05, 0) is 19.1 Å². The van der Waals surface area contributed by atoms with Gasteiger partial charge in [-0.25, -0.2) is 4.79 Å². The maximum absolute atomic E-state index is 11.1. The van der Waals surface area contributed by atoms with E-state index in [9.17, 15) is 9.59 Å². The largest absolute Gasteiger partial charge is 0.373 e. The average Bonchev–Trinajstić information content (AvgIpc) is 2.39. The molecule has 0 radical (unpaired) electrons. The fourth-order valence-corrected chi connectivity index (χ4v) is 0.965. The lowest BCUT2D eigenvalue weighted by Crippen LogP contribution is -2.04. The summed E-state index contributed by atoms with van der Waals surface area (Å²) in [5.41, 5.74) is 0.899. The van der Waals surface area contributed by atoms with E-state index >= 15 is 0 Å². The summed E-state index contributed by atoms with van der Waals surface area (Å²) in [5, 5.41) is 0. The predicted molar refractivity (Wildman–Crippen MR) is 69.5 cm³/mol. The minimum absolute atomic E-state index is 0.0448. The van der Waals surface area contributed by atoms with Crippen molar-refractivity contribution in [2.24, 2.45) is 0 Å². The molecule has 0 N–H and O–H groups in total. The fourth-order valence-electron chi connectivity index (χ4n) is 0.965. The molecule has 0 bridgehead atoms. The topological polar surface area (TPSA) is 52.6 Å². The van der Waals surface area contributed by atoms with Gasteiger partial charge < -0.3 is 0 Å². The maximum Gasteiger partial charge on any atom is 0.373 e. The highest BCUT2D eigenvalue weighted by molar-refractivity contribution is 5.95. The first-order chi connectivity index (χ1) is 8.56. The van der Waals surface area contributed by atoms with E-state index in [1.165, 1.54) is 39.0 Å². The lowest BCUT2D eigenvalue weighted by Gasteiger charge is -2.00. The summed E-state index contributed by atoms with van der Waals surface area (Å²) >= 11 is 0. The minimum Gasteiger partial charge on any atom is -0.295 e. The Morgan fingerprint density at radius 1 is 1.00 bits per heavy atom. The Labute approximate surface area is 108 Å². The van der Waals surface area contributed by atoms with E-state index in [4.69, 9.17) is 0 Å². The molecule has 0 saturated heterocycles. The Morgan fingerprint density at radius 2 is 1.44 bits per heavy atom. The normalized spacial score (nSPS) is 9.11. The van der Waals surface area contributed by atoms with E-state index in [2.05, 4.69) is 23.6 Å². The van der Waals surface area contributed by atoms with E-state index in [0.29, 0.717) is 11.1 Å². The zero-order chi connectivity index (χ0) is 14.0. The van der Waals surface area contributed by atoms with Gasteiger partial charge in [0.1, 0.15) is 0 Å². The van der Waals surface area contributed by atoms with Crippen LogP contribution in [0, 0.1) is 0 Å². The summed E-state index contributed by atoms with van der Waals surface area (Å²) in [6, 6.07) is 6.15. The molecule has 4 nitrogen and oxygen atoms in total. The molecule has 0 saturated carbocycles. The molecule has 0 aliphatic rings. The van der Waals surface area contributed by atoms with Crippen LogP contribution >= 0.6 is 0 Å². The van der Waals surface area contributed by atoms with Gasteiger partial charge in [0, 0.05) is 5.56 Å². The summed E-state index contributed by atoms with van der Waals surface area (Å²) in [6.07, 6.45) is 2.64. The van der Waals surface area contributed by atoms with Crippen molar-refractivity contribution in [3.8, 4) is 0 Å². The zero-order valence-electron chi connectivity index (χ0n) is 11.4. The van der Waals surface area contributed by atoms with Crippen LogP contribution < -0.4 is 0 Å². The van der Waals surface area contributed by atoms with Gasteiger partial charge >= 0.3 is 5.97 Å². The zero-order valence-corrected chi connectivity index (χ0v) is 11.4. The molecule has 4 heteroatoms. The van der Waals surface area contributed by atoms with Crippen LogP contribution in [-0.2, 0) is 9.78 Å². The summed E-state index contributed by atoms with van der Waals surface area (Å²) in [5.74, 6) is -0.626. The highest BCUT2D eigenvalue weighted by Gasteiger charge is 2.07. The number of hydrogen-bond acceptors (Lipinski definition) is 4. The van der Waals surface area contributed by atoms with Crippen LogP contribution in [0.25, 0.3) is 0 Å². The van der Waals surface area contributed by atoms with Gasteiger partial charge in [0.2, 0.25) is 0 Å². The number of Topliss-reactive ketones (excluding diaryl/α,β-unsaturated/α-hetero) is 1. The van der Waals surface area contributed by atoms with Crippen LogP contribution in [0.1, 0.15) is 54.3 Å². The molecule has 0 fully saturated rings. The van der Waals surface area contributed by atoms with E-state index in [1.807, 2.05) is 0 Å². The average molecular weight is 252 g/mol. The molecule has 0 amide bonds. The third kappa shape index (κ3) is 6.15. The summed E-state index contributed by atoms with van der Waals surface area (Å²) in [7, 11) is 1.25. The molecule has 0 aliphatic carbocycles. The van der Waals surface area contributed by atoms with Crippen LogP contribution in [0.15, 0.2) is 24.3 Å². The minimum atomic E-state index is -0.581. The van der Waals surface area contributed by atoms with E-state index in [0.717, 1.165) is 0 Å². The molecular formula is C14H20O4. The van der Waals surface area contributed by atoms with E-state index in [-0.39, 0.29) is 5.78 Å². The molecule has 1 rings (SSSR count). The first-order valence-corrected chi connectivity index (χ1v) is 5.92. The highest BCUT2D eigenvalue weighted by atomic mass is 17.2. The second-order valence-electron chi connectivity index (χ2n) is 3.67. The smallest absolute Gasteiger partial charge is 0.295 e. The number of carbonyl (C=O) groups excluding carboxylic acids is 2. The number of benzene rings is 1. The first kappa shape index (κ1) is 16.3. The molecule has 1 aromatic rings. The Balaban J connectivity index is 0.000000631. The quantitative estimate of drug-likeness (QED) is 0.468. The molecule has 1 aromatic carbocycles. The summed E-state index contributed by atoms with van der Waals surface area (Å²) < 4.78 is 0. The second-order valence-corrected chi connectivity index (χ2v) is 3.67. The molecule has 100 valence electrons. The van der Waals surface area contributed by atoms with Crippen molar-refractivity contribution in [1.29, 1.82) is 0 Å². The lowest BCUT2D eigenvalue weighted by molar-refractivity contribution is -0.216. The van der Waals surface area contributed by atoms with Gasteiger partial charge in [0.15, 0.2) is 5.78 Å². The third-order valence-electron chi connectivity index (χ3n) is 2.19. The van der Waals surface area contributed by atoms with Crippen molar-refractivity contribution in [2.45, 2.75) is 33.6 Å².